The Balaban J connectivity index is 1.77. The molecule has 2 heterocycles. The second kappa shape index (κ2) is 8.83. The standard InChI is InChI=1S/C18H20ClN5O4/c1-28-18(25)13-6-8-23(9-7-13)17-15(24(26)27)16(21-11-22-17)20-10-12-2-4-14(19)5-3-12/h2-5,11,13H,6-10H2,1H3,(H,20,21,22). The van der Waals surface area contributed by atoms with E-state index in [1.54, 1.807) is 12.1 Å². The van der Waals surface area contributed by atoms with Crippen LogP contribution in [0.15, 0.2) is 30.6 Å². The molecule has 9 nitrogen and oxygen atoms in total. The van der Waals surface area contributed by atoms with Crippen LogP contribution in [0.5, 0.6) is 0 Å². The van der Waals surface area contributed by atoms with Crippen LogP contribution in [0.1, 0.15) is 18.4 Å². The summed E-state index contributed by atoms with van der Waals surface area (Å²) in [5, 5.41) is 15.4. The zero-order valence-corrected chi connectivity index (χ0v) is 16.1. The topological polar surface area (TPSA) is 110 Å². The monoisotopic (exact) mass is 405 g/mol. The SMILES string of the molecule is COC(=O)C1CCN(c2ncnc(NCc3ccc(Cl)cc3)c2[N+](=O)[O-])CC1. The van der Waals surface area contributed by atoms with Crippen molar-refractivity contribution in [2.45, 2.75) is 19.4 Å². The number of benzene rings is 1. The summed E-state index contributed by atoms with van der Waals surface area (Å²) in [6.07, 6.45) is 2.42. The number of hydrogen-bond donors (Lipinski definition) is 1. The van der Waals surface area contributed by atoms with E-state index in [-0.39, 0.29) is 29.2 Å². The van der Waals surface area contributed by atoms with Crippen LogP contribution in [-0.2, 0) is 16.1 Å². The van der Waals surface area contributed by atoms with Crippen LogP contribution in [0.3, 0.4) is 0 Å². The summed E-state index contributed by atoms with van der Waals surface area (Å²) in [5.74, 6) is -0.0336. The smallest absolute Gasteiger partial charge is 0.353 e. The molecule has 28 heavy (non-hydrogen) atoms. The largest absolute Gasteiger partial charge is 0.469 e. The molecule has 2 aromatic rings. The molecule has 0 saturated carbocycles. The van der Waals surface area contributed by atoms with Gasteiger partial charge < -0.3 is 15.0 Å². The third-order valence-electron chi connectivity index (χ3n) is 4.69. The fraction of sp³-hybridized carbons (Fsp3) is 0.389. The number of methoxy groups -OCH3 is 1. The molecule has 3 rings (SSSR count). The molecule has 1 saturated heterocycles. The van der Waals surface area contributed by atoms with E-state index in [0.717, 1.165) is 5.56 Å². The Hall–Kier alpha value is -2.94. The van der Waals surface area contributed by atoms with Gasteiger partial charge in [-0.2, -0.15) is 0 Å². The lowest BCUT2D eigenvalue weighted by molar-refractivity contribution is -0.383. The molecule has 1 N–H and O–H groups in total. The highest BCUT2D eigenvalue weighted by atomic mass is 35.5. The van der Waals surface area contributed by atoms with Gasteiger partial charge in [0.05, 0.1) is 18.0 Å². The van der Waals surface area contributed by atoms with E-state index in [1.165, 1.54) is 13.4 Å². The van der Waals surface area contributed by atoms with Gasteiger partial charge in [0.2, 0.25) is 11.6 Å². The first-order valence-corrected chi connectivity index (χ1v) is 9.18. The van der Waals surface area contributed by atoms with E-state index in [1.807, 2.05) is 17.0 Å². The molecule has 0 radical (unpaired) electrons. The Morgan fingerprint density at radius 2 is 2.00 bits per heavy atom. The van der Waals surface area contributed by atoms with Gasteiger partial charge in [-0.1, -0.05) is 23.7 Å². The Bertz CT molecular complexity index is 854. The van der Waals surface area contributed by atoms with Crippen molar-refractivity contribution in [2.75, 3.05) is 30.4 Å². The van der Waals surface area contributed by atoms with E-state index in [9.17, 15) is 14.9 Å². The number of piperidine rings is 1. The summed E-state index contributed by atoms with van der Waals surface area (Å²) in [5.41, 5.74) is 0.741. The maximum absolute atomic E-state index is 11.7. The molecule has 148 valence electrons. The van der Waals surface area contributed by atoms with E-state index in [4.69, 9.17) is 16.3 Å². The van der Waals surface area contributed by atoms with Crippen LogP contribution >= 0.6 is 11.6 Å². The summed E-state index contributed by atoms with van der Waals surface area (Å²) in [6, 6.07) is 7.18. The highest BCUT2D eigenvalue weighted by Gasteiger charge is 2.32. The maximum Gasteiger partial charge on any atom is 0.353 e. The summed E-state index contributed by atoms with van der Waals surface area (Å²) >= 11 is 5.88. The average Bonchev–Trinajstić information content (AvgIpc) is 2.72. The number of rotatable bonds is 6. The van der Waals surface area contributed by atoms with Gasteiger partial charge in [0.15, 0.2) is 0 Å². The van der Waals surface area contributed by atoms with Gasteiger partial charge in [-0.3, -0.25) is 14.9 Å². The molecule has 0 unspecified atom stereocenters. The minimum absolute atomic E-state index is 0.153. The van der Waals surface area contributed by atoms with Crippen LogP contribution in [0.25, 0.3) is 0 Å². The van der Waals surface area contributed by atoms with Crippen molar-refractivity contribution in [2.24, 2.45) is 5.92 Å². The first-order chi connectivity index (χ1) is 13.5. The fourth-order valence-corrected chi connectivity index (χ4v) is 3.31. The van der Waals surface area contributed by atoms with Gasteiger partial charge in [0, 0.05) is 24.7 Å². The number of anilines is 2. The first-order valence-electron chi connectivity index (χ1n) is 8.80. The molecular weight excluding hydrogens is 386 g/mol. The summed E-state index contributed by atoms with van der Waals surface area (Å²) < 4.78 is 4.78. The zero-order chi connectivity index (χ0) is 20.1. The molecule has 1 aliphatic heterocycles. The van der Waals surface area contributed by atoms with E-state index in [2.05, 4.69) is 15.3 Å². The Morgan fingerprint density at radius 1 is 1.32 bits per heavy atom. The van der Waals surface area contributed by atoms with Crippen molar-refractivity contribution in [3.8, 4) is 0 Å². The van der Waals surface area contributed by atoms with Crippen molar-refractivity contribution in [3.63, 3.8) is 0 Å². The number of esters is 1. The highest BCUT2D eigenvalue weighted by Crippen LogP contribution is 2.34. The average molecular weight is 406 g/mol. The minimum atomic E-state index is -0.480. The molecule has 0 aliphatic carbocycles. The van der Waals surface area contributed by atoms with Crippen molar-refractivity contribution < 1.29 is 14.5 Å². The molecular formula is C18H20ClN5O4. The molecule has 1 aromatic carbocycles. The van der Waals surface area contributed by atoms with Crippen LogP contribution in [0, 0.1) is 16.0 Å². The Kier molecular flexibility index (Phi) is 6.25. The van der Waals surface area contributed by atoms with Gasteiger partial charge in [-0.25, -0.2) is 9.97 Å². The summed E-state index contributed by atoms with van der Waals surface area (Å²) in [7, 11) is 1.36. The van der Waals surface area contributed by atoms with Crippen molar-refractivity contribution in [3.05, 3.63) is 51.3 Å². The molecule has 1 fully saturated rings. The van der Waals surface area contributed by atoms with Crippen LogP contribution < -0.4 is 10.2 Å². The highest BCUT2D eigenvalue weighted by molar-refractivity contribution is 6.30. The van der Waals surface area contributed by atoms with Crippen LogP contribution in [0.4, 0.5) is 17.3 Å². The Labute approximate surface area is 166 Å². The second-order valence-electron chi connectivity index (χ2n) is 6.42. The predicted octanol–water partition coefficient (Wildman–Crippen LogP) is 3.04. The molecule has 0 atom stereocenters. The minimum Gasteiger partial charge on any atom is -0.469 e. The van der Waals surface area contributed by atoms with E-state index in [0.29, 0.717) is 37.5 Å². The van der Waals surface area contributed by atoms with Crippen LogP contribution in [-0.4, -0.2) is 41.1 Å². The number of halogens is 1. The Morgan fingerprint density at radius 3 is 2.61 bits per heavy atom. The molecule has 0 bridgehead atoms. The predicted molar refractivity (Wildman–Crippen MR) is 104 cm³/mol. The van der Waals surface area contributed by atoms with Crippen molar-refractivity contribution in [1.29, 1.82) is 0 Å². The number of carbonyl (C=O) groups excluding carboxylic acids is 1. The summed E-state index contributed by atoms with van der Waals surface area (Å²) in [6.45, 7) is 1.32. The van der Waals surface area contributed by atoms with E-state index < -0.39 is 4.92 Å². The van der Waals surface area contributed by atoms with Crippen molar-refractivity contribution >= 4 is 34.9 Å². The van der Waals surface area contributed by atoms with Gasteiger partial charge >= 0.3 is 11.7 Å². The fourth-order valence-electron chi connectivity index (χ4n) is 3.18. The summed E-state index contributed by atoms with van der Waals surface area (Å²) in [4.78, 5) is 32.9. The van der Waals surface area contributed by atoms with Gasteiger partial charge in [-0.15, -0.1) is 0 Å². The molecule has 1 aliphatic rings. The van der Waals surface area contributed by atoms with Gasteiger partial charge in [0.25, 0.3) is 0 Å². The van der Waals surface area contributed by atoms with Gasteiger partial charge in [0.1, 0.15) is 6.33 Å². The van der Waals surface area contributed by atoms with E-state index >= 15 is 0 Å². The van der Waals surface area contributed by atoms with Crippen molar-refractivity contribution in [1.82, 2.24) is 9.97 Å². The maximum atomic E-state index is 11.7. The lowest BCUT2D eigenvalue weighted by Gasteiger charge is -2.31. The number of carbonyl (C=O) groups is 1. The lowest BCUT2D eigenvalue weighted by atomic mass is 9.97. The molecule has 0 spiro atoms. The number of nitrogens with zero attached hydrogens (tertiary/aromatic N) is 4. The number of ether oxygens (including phenoxy) is 1. The van der Waals surface area contributed by atoms with Crippen LogP contribution in [0.2, 0.25) is 5.02 Å². The molecule has 10 heteroatoms. The zero-order valence-electron chi connectivity index (χ0n) is 15.3. The quantitative estimate of drug-likeness (QED) is 0.443. The number of hydrogen-bond acceptors (Lipinski definition) is 8. The first kappa shape index (κ1) is 19.8. The third kappa shape index (κ3) is 4.48. The molecule has 0 amide bonds. The normalized spacial score (nSPS) is 14.6. The number of aromatic nitrogens is 2. The van der Waals surface area contributed by atoms with Gasteiger partial charge in [-0.05, 0) is 30.5 Å². The third-order valence-corrected chi connectivity index (χ3v) is 4.94. The molecule has 1 aromatic heterocycles. The lowest BCUT2D eigenvalue weighted by Crippen LogP contribution is -2.37. The number of nitro groups is 1. The second-order valence-corrected chi connectivity index (χ2v) is 6.85. The number of nitrogens with one attached hydrogen (secondary N) is 1.